The van der Waals surface area contributed by atoms with Gasteiger partial charge in [-0.05, 0) is 61.7 Å². The second-order valence-electron chi connectivity index (χ2n) is 13.2. The summed E-state index contributed by atoms with van der Waals surface area (Å²) in [6.07, 6.45) is -2.34. The lowest BCUT2D eigenvalue weighted by Crippen LogP contribution is -2.51. The van der Waals surface area contributed by atoms with Gasteiger partial charge in [0.15, 0.2) is 17.3 Å². The lowest BCUT2D eigenvalue weighted by Gasteiger charge is -2.36. The Hall–Kier alpha value is -6.04. The SMILES string of the molecule is CCc1c(N2CCN(C(=O)c3ncnc(C)c3O)CC2)c(=O)n2nc(-c3ccc4c(c3)CCC(=O)N4C)nc2n1CC(=O)Nc1ccc(C(F)(F)F)cc1Cl. The van der Waals surface area contributed by atoms with E-state index in [1.54, 1.807) is 42.8 Å². The van der Waals surface area contributed by atoms with Crippen LogP contribution in [0.15, 0.2) is 47.5 Å². The van der Waals surface area contributed by atoms with Gasteiger partial charge in [-0.2, -0.15) is 22.7 Å². The number of alkyl halides is 3. The molecule has 0 saturated carbocycles. The average Bonchev–Trinajstić information content (AvgIpc) is 3.62. The summed E-state index contributed by atoms with van der Waals surface area (Å²) in [5, 5.41) is 17.3. The Morgan fingerprint density at radius 3 is 2.45 bits per heavy atom. The van der Waals surface area contributed by atoms with Gasteiger partial charge in [0.05, 0.1) is 27.7 Å². The minimum absolute atomic E-state index is 0.00824. The molecule has 3 amide bonds. The molecule has 55 heavy (non-hydrogen) atoms. The van der Waals surface area contributed by atoms with Gasteiger partial charge in [0, 0.05) is 50.9 Å². The summed E-state index contributed by atoms with van der Waals surface area (Å²) in [6.45, 7) is 3.69. The van der Waals surface area contributed by atoms with Crippen molar-refractivity contribution in [3.05, 3.63) is 86.3 Å². The molecule has 0 aliphatic carbocycles. The summed E-state index contributed by atoms with van der Waals surface area (Å²) in [5.74, 6) is -1.24. The van der Waals surface area contributed by atoms with Crippen molar-refractivity contribution < 1.29 is 32.7 Å². The zero-order chi connectivity index (χ0) is 39.3. The summed E-state index contributed by atoms with van der Waals surface area (Å²) < 4.78 is 42.5. The first-order chi connectivity index (χ1) is 26.2. The first kappa shape index (κ1) is 37.3. The first-order valence-electron chi connectivity index (χ1n) is 17.3. The van der Waals surface area contributed by atoms with Gasteiger partial charge in [0.2, 0.25) is 17.6 Å². The van der Waals surface area contributed by atoms with E-state index in [2.05, 4.69) is 20.4 Å². The van der Waals surface area contributed by atoms with Crippen LogP contribution in [0.2, 0.25) is 5.02 Å². The Bertz CT molecular complexity index is 2440. The standard InChI is InChI=1S/C36H34ClF3N10O5/c1-4-25-30(47-11-13-48(14-12-47)33(54)29-31(53)19(2)41-18-42-29)34(55)50-35(44-32(45-50)21-5-9-26-20(15-21)6-10-28(52)46(26)3)49(25)17-27(51)43-24-8-7-22(16-23(24)37)36(38,39)40/h5,7-9,15-16,18,53H,4,6,10-14,17H2,1-3H3,(H,43,51). The predicted molar refractivity (Wildman–Crippen MR) is 195 cm³/mol. The van der Waals surface area contributed by atoms with Crippen molar-refractivity contribution >= 4 is 52.2 Å². The third-order valence-electron chi connectivity index (χ3n) is 9.80. The van der Waals surface area contributed by atoms with Crippen LogP contribution < -0.4 is 20.7 Å². The van der Waals surface area contributed by atoms with Crippen LogP contribution in [0, 0.1) is 6.92 Å². The Morgan fingerprint density at radius 1 is 1.02 bits per heavy atom. The molecule has 2 aliphatic heterocycles. The van der Waals surface area contributed by atoms with Crippen molar-refractivity contribution in [2.24, 2.45) is 0 Å². The maximum atomic E-state index is 14.4. The Kier molecular flexibility index (Phi) is 9.70. The van der Waals surface area contributed by atoms with E-state index in [1.807, 2.05) is 6.07 Å². The molecule has 0 unspecified atom stereocenters. The minimum atomic E-state index is -4.63. The van der Waals surface area contributed by atoms with Gasteiger partial charge in [-0.3, -0.25) is 19.2 Å². The fourth-order valence-electron chi connectivity index (χ4n) is 6.88. The summed E-state index contributed by atoms with van der Waals surface area (Å²) in [5.41, 5.74) is 1.48. The number of carbonyl (C=O) groups is 3. The van der Waals surface area contributed by atoms with E-state index in [4.69, 9.17) is 16.6 Å². The molecule has 1 fully saturated rings. The van der Waals surface area contributed by atoms with E-state index in [9.17, 15) is 37.5 Å². The normalized spacial score (nSPS) is 14.7. The van der Waals surface area contributed by atoms with E-state index in [0.29, 0.717) is 24.1 Å². The number of benzene rings is 2. The summed E-state index contributed by atoms with van der Waals surface area (Å²) in [6, 6.07) is 7.98. The molecule has 2 N–H and O–H groups in total. The number of rotatable bonds is 7. The van der Waals surface area contributed by atoms with Gasteiger partial charge >= 0.3 is 6.18 Å². The maximum Gasteiger partial charge on any atom is 0.416 e. The fraction of sp³-hybridized carbons (Fsp3) is 0.333. The highest BCUT2D eigenvalue weighted by Crippen LogP contribution is 2.34. The number of aryl methyl sites for hydroxylation is 2. The van der Waals surface area contributed by atoms with Gasteiger partial charge in [-0.15, -0.1) is 5.10 Å². The molecular formula is C36H34ClF3N10O5. The summed E-state index contributed by atoms with van der Waals surface area (Å²) in [4.78, 5) is 71.1. The van der Waals surface area contributed by atoms with Gasteiger partial charge in [-0.25, -0.2) is 9.97 Å². The third kappa shape index (κ3) is 6.92. The predicted octanol–water partition coefficient (Wildman–Crippen LogP) is 4.11. The largest absolute Gasteiger partial charge is 0.504 e. The molecule has 1 saturated heterocycles. The molecule has 15 nitrogen and oxygen atoms in total. The van der Waals surface area contributed by atoms with Crippen LogP contribution >= 0.6 is 11.6 Å². The van der Waals surface area contributed by atoms with Gasteiger partial charge < -0.3 is 29.7 Å². The molecule has 286 valence electrons. The number of piperazine rings is 1. The van der Waals surface area contributed by atoms with Crippen molar-refractivity contribution in [1.82, 2.24) is 34.0 Å². The zero-order valence-corrected chi connectivity index (χ0v) is 30.6. The molecule has 2 aromatic carbocycles. The highest BCUT2D eigenvalue weighted by molar-refractivity contribution is 6.33. The second kappa shape index (κ2) is 14.3. The van der Waals surface area contributed by atoms with Crippen molar-refractivity contribution in [3.8, 4) is 17.1 Å². The number of nitrogens with zero attached hydrogens (tertiary/aromatic N) is 9. The molecule has 0 radical (unpaired) electrons. The number of fused-ring (bicyclic) bond motifs is 2. The molecule has 5 aromatic rings. The second-order valence-corrected chi connectivity index (χ2v) is 13.6. The quantitative estimate of drug-likeness (QED) is 0.245. The molecule has 0 atom stereocenters. The van der Waals surface area contributed by atoms with Gasteiger partial charge in [0.25, 0.3) is 11.5 Å². The minimum Gasteiger partial charge on any atom is -0.504 e. The van der Waals surface area contributed by atoms with E-state index < -0.39 is 35.7 Å². The monoisotopic (exact) mass is 778 g/mol. The van der Waals surface area contributed by atoms with E-state index >= 15 is 0 Å². The molecule has 0 bridgehead atoms. The molecule has 2 aliphatic rings. The highest BCUT2D eigenvalue weighted by atomic mass is 35.5. The Balaban J connectivity index is 1.27. The van der Waals surface area contributed by atoms with Crippen LogP contribution in [0.1, 0.15) is 46.3 Å². The number of hydrogen-bond donors (Lipinski definition) is 2. The van der Waals surface area contributed by atoms with Crippen molar-refractivity contribution in [2.75, 3.05) is 48.3 Å². The van der Waals surface area contributed by atoms with Crippen molar-refractivity contribution in [3.63, 3.8) is 0 Å². The number of aromatic nitrogens is 6. The molecule has 3 aromatic heterocycles. The van der Waals surface area contributed by atoms with E-state index in [0.717, 1.165) is 34.0 Å². The molecular weight excluding hydrogens is 745 g/mol. The zero-order valence-electron chi connectivity index (χ0n) is 29.8. The van der Waals surface area contributed by atoms with Gasteiger partial charge in [0.1, 0.15) is 18.6 Å². The molecule has 5 heterocycles. The Morgan fingerprint density at radius 2 is 1.76 bits per heavy atom. The number of hydrogen-bond acceptors (Lipinski definition) is 10. The first-order valence-corrected chi connectivity index (χ1v) is 17.7. The Labute approximate surface area is 316 Å². The van der Waals surface area contributed by atoms with Crippen LogP contribution in [0.5, 0.6) is 5.75 Å². The smallest absolute Gasteiger partial charge is 0.416 e. The van der Waals surface area contributed by atoms with E-state index in [-0.39, 0.29) is 83.6 Å². The number of carbonyl (C=O) groups excluding carboxylic acids is 3. The van der Waals surface area contributed by atoms with Crippen LogP contribution in [0.3, 0.4) is 0 Å². The molecule has 19 heteroatoms. The highest BCUT2D eigenvalue weighted by Gasteiger charge is 2.33. The van der Waals surface area contributed by atoms with Crippen LogP contribution in [0.25, 0.3) is 17.2 Å². The molecule has 7 rings (SSSR count). The fourth-order valence-corrected chi connectivity index (χ4v) is 7.11. The molecule has 0 spiro atoms. The third-order valence-corrected chi connectivity index (χ3v) is 10.1. The van der Waals surface area contributed by atoms with Crippen molar-refractivity contribution in [2.45, 2.75) is 45.8 Å². The summed E-state index contributed by atoms with van der Waals surface area (Å²) in [7, 11) is 1.70. The lowest BCUT2D eigenvalue weighted by molar-refractivity contribution is -0.137. The van der Waals surface area contributed by atoms with Crippen LogP contribution in [-0.4, -0.2) is 90.1 Å². The number of halogens is 4. The maximum absolute atomic E-state index is 14.4. The number of nitrogens with one attached hydrogen (secondary N) is 1. The van der Waals surface area contributed by atoms with E-state index in [1.165, 1.54) is 15.8 Å². The van der Waals surface area contributed by atoms with Crippen LogP contribution in [0.4, 0.5) is 30.2 Å². The summed E-state index contributed by atoms with van der Waals surface area (Å²) >= 11 is 6.15. The lowest BCUT2D eigenvalue weighted by atomic mass is 9.99. The average molecular weight is 779 g/mol. The number of aromatic hydroxyl groups is 1. The number of amides is 3. The van der Waals surface area contributed by atoms with Crippen LogP contribution in [-0.2, 0) is 35.2 Å². The van der Waals surface area contributed by atoms with Crippen molar-refractivity contribution in [1.29, 1.82) is 0 Å². The topological polar surface area (TPSA) is 171 Å². The number of anilines is 3. The van der Waals surface area contributed by atoms with Gasteiger partial charge in [-0.1, -0.05) is 18.5 Å².